The Kier molecular flexibility index (Phi) is 8.74. The average Bonchev–Trinajstić information content (AvgIpc) is 3.16. The summed E-state index contributed by atoms with van der Waals surface area (Å²) in [7, 11) is 0. The number of hydrogen-bond donors (Lipinski definition) is 2. The molecule has 1 heterocycles. The topological polar surface area (TPSA) is 99.1 Å². The molecule has 2 amide bonds. The van der Waals surface area contributed by atoms with Crippen LogP contribution in [0.25, 0.3) is 0 Å². The van der Waals surface area contributed by atoms with Gasteiger partial charge in [0.2, 0.25) is 0 Å². The normalized spacial score (nSPS) is 21.8. The van der Waals surface area contributed by atoms with Crippen LogP contribution < -0.4 is 5.32 Å². The van der Waals surface area contributed by atoms with E-state index in [0.717, 1.165) is 18.4 Å². The lowest BCUT2D eigenvalue weighted by molar-refractivity contribution is -0.137. The van der Waals surface area contributed by atoms with Crippen molar-refractivity contribution in [3.63, 3.8) is 0 Å². The molecule has 39 heavy (non-hydrogen) atoms. The average molecular weight is 556 g/mol. The molecule has 0 aromatic heterocycles. The summed E-state index contributed by atoms with van der Waals surface area (Å²) in [6.45, 7) is 6.49. The van der Waals surface area contributed by atoms with E-state index in [1.807, 2.05) is 24.0 Å². The number of carbonyl (C=O) groups is 3. The van der Waals surface area contributed by atoms with Crippen molar-refractivity contribution in [1.82, 2.24) is 10.2 Å². The van der Waals surface area contributed by atoms with Gasteiger partial charge in [-0.1, -0.05) is 44.5 Å². The van der Waals surface area contributed by atoms with Gasteiger partial charge in [-0.3, -0.25) is 19.4 Å². The van der Waals surface area contributed by atoms with Crippen LogP contribution in [0.5, 0.6) is 0 Å². The summed E-state index contributed by atoms with van der Waals surface area (Å²) in [5, 5.41) is 11.6. The third kappa shape index (κ3) is 6.16. The van der Waals surface area contributed by atoms with E-state index >= 15 is 0 Å². The Morgan fingerprint density at radius 2 is 1.85 bits per heavy atom. The number of carboxylic acid groups (broad SMARTS) is 1. The number of amides is 2. The van der Waals surface area contributed by atoms with Gasteiger partial charge >= 0.3 is 5.97 Å². The van der Waals surface area contributed by atoms with Gasteiger partial charge in [0.15, 0.2) is 0 Å². The van der Waals surface area contributed by atoms with E-state index in [1.54, 1.807) is 18.2 Å². The first-order chi connectivity index (χ1) is 18.5. The van der Waals surface area contributed by atoms with Crippen molar-refractivity contribution < 1.29 is 23.9 Å². The van der Waals surface area contributed by atoms with Gasteiger partial charge in [-0.2, -0.15) is 0 Å². The number of aliphatic carboxylic acids is 1. The lowest BCUT2D eigenvalue weighted by atomic mass is 9.76. The van der Waals surface area contributed by atoms with Crippen LogP contribution in [0.2, 0.25) is 5.02 Å². The lowest BCUT2D eigenvalue weighted by Crippen LogP contribution is -2.51. The third-order valence-corrected chi connectivity index (χ3v) is 8.20. The fraction of sp³-hybridized carbons (Fsp3) is 0.467. The Bertz CT molecular complexity index is 1250. The van der Waals surface area contributed by atoms with Crippen LogP contribution >= 0.6 is 11.6 Å². The summed E-state index contributed by atoms with van der Waals surface area (Å²) in [5.74, 6) is -1.02. The van der Waals surface area contributed by atoms with Crippen LogP contribution in [-0.2, 0) is 9.59 Å². The summed E-state index contributed by atoms with van der Waals surface area (Å²) in [6, 6.07) is 10.8. The quantitative estimate of drug-likeness (QED) is 0.396. The molecule has 2 aromatic rings. The minimum atomic E-state index is -0.981. The van der Waals surface area contributed by atoms with Crippen LogP contribution in [0.4, 0.5) is 4.39 Å². The summed E-state index contributed by atoms with van der Waals surface area (Å²) in [4.78, 5) is 44.1. The fourth-order valence-corrected chi connectivity index (χ4v) is 6.08. The summed E-state index contributed by atoms with van der Waals surface area (Å²) < 4.78 is 14.3. The molecule has 0 unspecified atom stereocenters. The first kappa shape index (κ1) is 28.7. The molecule has 0 radical (unpaired) electrons. The zero-order valence-electron chi connectivity index (χ0n) is 22.5. The fourth-order valence-electron chi connectivity index (χ4n) is 5.85. The van der Waals surface area contributed by atoms with E-state index < -0.39 is 17.4 Å². The first-order valence-corrected chi connectivity index (χ1v) is 13.9. The smallest absolute Gasteiger partial charge is 0.305 e. The number of carboxylic acids is 1. The van der Waals surface area contributed by atoms with Crippen molar-refractivity contribution in [2.45, 2.75) is 71.0 Å². The standard InChI is InChI=1S/C30H35ClFN3O4/c1-4-25(20-5-7-21(8-6-20)28(38)33-14-11-26(36)37)35-29(39)27(22-15-23(31)17-24(32)16-22)34-30(35)12-9-19(10-13-30)18(2)3/h5-8,15-19,25H,4,9-14H2,1-3H3,(H,33,38)(H,36,37)/t19?,25-,30?/m1/s1. The molecule has 1 aliphatic heterocycles. The van der Waals surface area contributed by atoms with Crippen molar-refractivity contribution >= 4 is 35.1 Å². The maximum absolute atomic E-state index is 14.3. The molecular formula is C30H35ClFN3O4. The third-order valence-electron chi connectivity index (χ3n) is 7.98. The van der Waals surface area contributed by atoms with Gasteiger partial charge in [0.05, 0.1) is 12.5 Å². The molecule has 208 valence electrons. The van der Waals surface area contributed by atoms with Crippen LogP contribution in [0.1, 0.15) is 86.8 Å². The highest BCUT2D eigenvalue weighted by molar-refractivity contribution is 6.47. The van der Waals surface area contributed by atoms with Crippen molar-refractivity contribution in [3.05, 3.63) is 70.0 Å². The Morgan fingerprint density at radius 1 is 1.18 bits per heavy atom. The molecule has 0 saturated heterocycles. The molecule has 7 nitrogen and oxygen atoms in total. The monoisotopic (exact) mass is 555 g/mol. The summed E-state index contributed by atoms with van der Waals surface area (Å²) in [5.41, 5.74) is 1.15. The number of hydrogen-bond acceptors (Lipinski definition) is 4. The van der Waals surface area contributed by atoms with Gasteiger partial charge in [0.1, 0.15) is 17.2 Å². The van der Waals surface area contributed by atoms with Crippen molar-refractivity contribution in [1.29, 1.82) is 0 Å². The Labute approximate surface area is 233 Å². The molecule has 9 heteroatoms. The van der Waals surface area contributed by atoms with Crippen molar-refractivity contribution in [3.8, 4) is 0 Å². The van der Waals surface area contributed by atoms with Gasteiger partial charge in [-0.05, 0) is 79.8 Å². The zero-order valence-corrected chi connectivity index (χ0v) is 23.3. The van der Waals surface area contributed by atoms with Crippen LogP contribution in [0.15, 0.2) is 47.5 Å². The molecule has 1 spiro atoms. The van der Waals surface area contributed by atoms with E-state index in [4.69, 9.17) is 21.7 Å². The first-order valence-electron chi connectivity index (χ1n) is 13.5. The van der Waals surface area contributed by atoms with Gasteiger partial charge in [-0.25, -0.2) is 4.39 Å². The van der Waals surface area contributed by atoms with Gasteiger partial charge in [0.25, 0.3) is 11.8 Å². The molecular weight excluding hydrogens is 521 g/mol. The van der Waals surface area contributed by atoms with Crippen molar-refractivity contribution in [2.24, 2.45) is 16.8 Å². The maximum atomic E-state index is 14.3. The van der Waals surface area contributed by atoms with Crippen LogP contribution in [0.3, 0.4) is 0 Å². The molecule has 2 N–H and O–H groups in total. The highest BCUT2D eigenvalue weighted by Gasteiger charge is 2.51. The molecule has 0 bridgehead atoms. The largest absolute Gasteiger partial charge is 0.481 e. The highest BCUT2D eigenvalue weighted by Crippen LogP contribution is 2.47. The van der Waals surface area contributed by atoms with E-state index in [-0.39, 0.29) is 41.6 Å². The number of halogens is 2. The van der Waals surface area contributed by atoms with E-state index in [1.165, 1.54) is 12.1 Å². The van der Waals surface area contributed by atoms with Gasteiger partial charge < -0.3 is 15.3 Å². The summed E-state index contributed by atoms with van der Waals surface area (Å²) >= 11 is 6.14. The number of benzene rings is 2. The molecule has 1 aliphatic carbocycles. The molecule has 1 atom stereocenters. The maximum Gasteiger partial charge on any atom is 0.305 e. The van der Waals surface area contributed by atoms with Crippen LogP contribution in [-0.4, -0.2) is 45.7 Å². The van der Waals surface area contributed by atoms with Crippen molar-refractivity contribution in [2.75, 3.05) is 6.54 Å². The van der Waals surface area contributed by atoms with Gasteiger partial charge in [-0.15, -0.1) is 0 Å². The van der Waals surface area contributed by atoms with E-state index in [0.29, 0.717) is 42.2 Å². The second-order valence-corrected chi connectivity index (χ2v) is 11.2. The molecule has 4 rings (SSSR count). The number of aliphatic imine (C=N–C) groups is 1. The second kappa shape index (κ2) is 11.9. The minimum Gasteiger partial charge on any atom is -0.481 e. The van der Waals surface area contributed by atoms with Crippen LogP contribution in [0, 0.1) is 17.7 Å². The predicted octanol–water partition coefficient (Wildman–Crippen LogP) is 6.01. The SMILES string of the molecule is CC[C@H](c1ccc(C(=O)NCCC(=O)O)cc1)N1C(=O)C(c2cc(F)cc(Cl)c2)=NC12CCC(C(C)C)CC2. The van der Waals surface area contributed by atoms with Gasteiger partial charge in [0, 0.05) is 22.7 Å². The Morgan fingerprint density at radius 3 is 2.41 bits per heavy atom. The number of carbonyl (C=O) groups excluding carboxylic acids is 2. The number of nitrogens with zero attached hydrogens (tertiary/aromatic N) is 2. The highest BCUT2D eigenvalue weighted by atomic mass is 35.5. The summed E-state index contributed by atoms with van der Waals surface area (Å²) in [6.07, 6.45) is 3.78. The minimum absolute atomic E-state index is 0.0416. The predicted molar refractivity (Wildman–Crippen MR) is 148 cm³/mol. The second-order valence-electron chi connectivity index (χ2n) is 10.8. The number of rotatable bonds is 9. The lowest BCUT2D eigenvalue weighted by Gasteiger charge is -2.46. The molecule has 1 saturated carbocycles. The Hall–Kier alpha value is -3.26. The molecule has 2 aromatic carbocycles. The molecule has 1 fully saturated rings. The Balaban J connectivity index is 1.66. The zero-order chi connectivity index (χ0) is 28.3. The van der Waals surface area contributed by atoms with E-state index in [9.17, 15) is 18.8 Å². The molecule has 2 aliphatic rings. The van der Waals surface area contributed by atoms with E-state index in [2.05, 4.69) is 19.2 Å². The number of nitrogens with one attached hydrogen (secondary N) is 1.